The Balaban J connectivity index is 1.95. The topological polar surface area (TPSA) is 38.8 Å². The summed E-state index contributed by atoms with van der Waals surface area (Å²) in [6, 6.07) is 0. The first kappa shape index (κ1) is 9.93. The highest BCUT2D eigenvalue weighted by atomic mass is 16.7. The number of hydroxylamine groups is 2. The summed E-state index contributed by atoms with van der Waals surface area (Å²) in [6.45, 7) is 4.19. The molecule has 0 N–H and O–H groups in total. The van der Waals surface area contributed by atoms with Crippen LogP contribution in [0.4, 0.5) is 0 Å². The van der Waals surface area contributed by atoms with Gasteiger partial charge in [0.1, 0.15) is 0 Å². The standard InChI is InChI=1S/C10H17NO3/c1-2-9-8(4-7-13-9)10(12)11-5-3-6-14-11/h8-9H,2-7H2,1H3. The summed E-state index contributed by atoms with van der Waals surface area (Å²) in [5, 5.41) is 1.52. The van der Waals surface area contributed by atoms with E-state index in [0.29, 0.717) is 13.2 Å². The zero-order chi connectivity index (χ0) is 9.97. The molecule has 1 amide bonds. The molecule has 80 valence electrons. The number of amides is 1. The number of carbonyl (C=O) groups excluding carboxylic acids is 1. The van der Waals surface area contributed by atoms with Crippen molar-refractivity contribution in [1.29, 1.82) is 0 Å². The van der Waals surface area contributed by atoms with Crippen molar-refractivity contribution in [3.05, 3.63) is 0 Å². The second-order valence-corrected chi connectivity index (χ2v) is 3.84. The van der Waals surface area contributed by atoms with E-state index in [4.69, 9.17) is 9.57 Å². The number of rotatable bonds is 2. The van der Waals surface area contributed by atoms with E-state index in [1.807, 2.05) is 0 Å². The number of carbonyl (C=O) groups is 1. The first-order valence-corrected chi connectivity index (χ1v) is 5.39. The molecule has 2 atom stereocenters. The molecule has 2 saturated heterocycles. The van der Waals surface area contributed by atoms with Crippen molar-refractivity contribution in [3.63, 3.8) is 0 Å². The minimum Gasteiger partial charge on any atom is -0.377 e. The highest BCUT2D eigenvalue weighted by molar-refractivity contribution is 5.78. The van der Waals surface area contributed by atoms with Gasteiger partial charge in [0.2, 0.25) is 0 Å². The first-order chi connectivity index (χ1) is 6.83. The van der Waals surface area contributed by atoms with E-state index < -0.39 is 0 Å². The lowest BCUT2D eigenvalue weighted by atomic mass is 9.98. The van der Waals surface area contributed by atoms with Crippen LogP contribution in [-0.4, -0.2) is 36.8 Å². The number of nitrogens with zero attached hydrogens (tertiary/aromatic N) is 1. The van der Waals surface area contributed by atoms with E-state index in [0.717, 1.165) is 25.8 Å². The van der Waals surface area contributed by atoms with Gasteiger partial charge in [-0.1, -0.05) is 6.92 Å². The number of hydrogen-bond donors (Lipinski definition) is 0. The number of ether oxygens (including phenoxy) is 1. The molecule has 0 aromatic carbocycles. The largest absolute Gasteiger partial charge is 0.377 e. The lowest BCUT2D eigenvalue weighted by Crippen LogP contribution is -2.36. The van der Waals surface area contributed by atoms with Gasteiger partial charge in [0, 0.05) is 6.61 Å². The van der Waals surface area contributed by atoms with E-state index in [1.165, 1.54) is 5.06 Å². The van der Waals surface area contributed by atoms with Gasteiger partial charge in [-0.3, -0.25) is 9.63 Å². The smallest absolute Gasteiger partial charge is 0.251 e. The van der Waals surface area contributed by atoms with E-state index in [9.17, 15) is 4.79 Å². The molecule has 0 aromatic heterocycles. The van der Waals surface area contributed by atoms with Crippen LogP contribution in [0.5, 0.6) is 0 Å². The summed E-state index contributed by atoms with van der Waals surface area (Å²) < 4.78 is 5.49. The normalized spacial score (nSPS) is 32.5. The van der Waals surface area contributed by atoms with Crippen LogP contribution < -0.4 is 0 Å². The molecule has 2 heterocycles. The molecule has 0 saturated carbocycles. The predicted octanol–water partition coefficient (Wildman–Crippen LogP) is 0.965. The summed E-state index contributed by atoms with van der Waals surface area (Å²) >= 11 is 0. The molecule has 4 nitrogen and oxygen atoms in total. The minimum absolute atomic E-state index is 0.0260. The highest BCUT2D eigenvalue weighted by Crippen LogP contribution is 2.26. The average molecular weight is 199 g/mol. The molecule has 0 aromatic rings. The maximum absolute atomic E-state index is 11.9. The first-order valence-electron chi connectivity index (χ1n) is 5.39. The van der Waals surface area contributed by atoms with Crippen LogP contribution in [0.3, 0.4) is 0 Å². The molecule has 2 fully saturated rings. The molecule has 4 heteroatoms. The van der Waals surface area contributed by atoms with Crippen LogP contribution >= 0.6 is 0 Å². The van der Waals surface area contributed by atoms with Crippen molar-refractivity contribution >= 4 is 5.91 Å². The minimum atomic E-state index is 0.0260. The monoisotopic (exact) mass is 199 g/mol. The Morgan fingerprint density at radius 1 is 1.50 bits per heavy atom. The predicted molar refractivity (Wildman–Crippen MR) is 50.4 cm³/mol. The van der Waals surface area contributed by atoms with E-state index >= 15 is 0 Å². The summed E-state index contributed by atoms with van der Waals surface area (Å²) in [7, 11) is 0. The van der Waals surface area contributed by atoms with Gasteiger partial charge in [-0.2, -0.15) is 0 Å². The summed E-state index contributed by atoms with van der Waals surface area (Å²) in [4.78, 5) is 17.2. The molecular formula is C10H17NO3. The summed E-state index contributed by atoms with van der Waals surface area (Å²) in [6.07, 6.45) is 2.81. The molecular weight excluding hydrogens is 182 g/mol. The summed E-state index contributed by atoms with van der Waals surface area (Å²) in [5.41, 5.74) is 0. The molecule has 2 rings (SSSR count). The van der Waals surface area contributed by atoms with Crippen LogP contribution in [0, 0.1) is 5.92 Å². The van der Waals surface area contributed by atoms with Crippen molar-refractivity contribution in [2.75, 3.05) is 19.8 Å². The summed E-state index contributed by atoms with van der Waals surface area (Å²) in [5.74, 6) is 0.143. The third-order valence-electron chi connectivity index (χ3n) is 2.93. The highest BCUT2D eigenvalue weighted by Gasteiger charge is 2.36. The number of hydrogen-bond acceptors (Lipinski definition) is 3. The van der Waals surface area contributed by atoms with E-state index in [1.54, 1.807) is 0 Å². The molecule has 0 aliphatic carbocycles. The maximum atomic E-state index is 11.9. The third-order valence-corrected chi connectivity index (χ3v) is 2.93. The lowest BCUT2D eigenvalue weighted by molar-refractivity contribution is -0.175. The second-order valence-electron chi connectivity index (χ2n) is 3.84. The van der Waals surface area contributed by atoms with Gasteiger partial charge in [-0.05, 0) is 19.3 Å². The Morgan fingerprint density at radius 3 is 3.00 bits per heavy atom. The fourth-order valence-corrected chi connectivity index (χ4v) is 2.14. The van der Waals surface area contributed by atoms with E-state index in [2.05, 4.69) is 6.92 Å². The van der Waals surface area contributed by atoms with E-state index in [-0.39, 0.29) is 17.9 Å². The second kappa shape index (κ2) is 4.28. The Labute approximate surface area is 84.1 Å². The van der Waals surface area contributed by atoms with Gasteiger partial charge in [0.25, 0.3) is 5.91 Å². The van der Waals surface area contributed by atoms with Crippen molar-refractivity contribution < 1.29 is 14.4 Å². The van der Waals surface area contributed by atoms with Gasteiger partial charge >= 0.3 is 0 Å². The van der Waals surface area contributed by atoms with Crippen LogP contribution in [-0.2, 0) is 14.4 Å². The lowest BCUT2D eigenvalue weighted by Gasteiger charge is -2.21. The fourth-order valence-electron chi connectivity index (χ4n) is 2.14. The molecule has 0 radical (unpaired) electrons. The zero-order valence-electron chi connectivity index (χ0n) is 8.57. The molecule has 14 heavy (non-hydrogen) atoms. The average Bonchev–Trinajstić information content (AvgIpc) is 2.87. The third kappa shape index (κ3) is 1.77. The fraction of sp³-hybridized carbons (Fsp3) is 0.900. The molecule has 0 bridgehead atoms. The SMILES string of the molecule is CCC1OCCC1C(=O)N1CCCO1. The maximum Gasteiger partial charge on any atom is 0.251 e. The Morgan fingerprint density at radius 2 is 2.36 bits per heavy atom. The molecule has 2 aliphatic heterocycles. The van der Waals surface area contributed by atoms with Gasteiger partial charge in [-0.15, -0.1) is 0 Å². The molecule has 2 unspecified atom stereocenters. The van der Waals surface area contributed by atoms with Gasteiger partial charge in [0.05, 0.1) is 25.2 Å². The van der Waals surface area contributed by atoms with Crippen molar-refractivity contribution in [2.24, 2.45) is 5.92 Å². The molecule has 2 aliphatic rings. The zero-order valence-corrected chi connectivity index (χ0v) is 8.57. The van der Waals surface area contributed by atoms with Crippen LogP contribution in [0.25, 0.3) is 0 Å². The van der Waals surface area contributed by atoms with Gasteiger partial charge < -0.3 is 4.74 Å². The Kier molecular flexibility index (Phi) is 3.03. The quantitative estimate of drug-likeness (QED) is 0.665. The Bertz CT molecular complexity index is 213. The van der Waals surface area contributed by atoms with Crippen molar-refractivity contribution in [3.8, 4) is 0 Å². The Hall–Kier alpha value is -0.610. The molecule has 0 spiro atoms. The van der Waals surface area contributed by atoms with Crippen molar-refractivity contribution in [1.82, 2.24) is 5.06 Å². The van der Waals surface area contributed by atoms with Crippen molar-refractivity contribution in [2.45, 2.75) is 32.3 Å². The van der Waals surface area contributed by atoms with Crippen LogP contribution in [0.2, 0.25) is 0 Å². The van der Waals surface area contributed by atoms with Gasteiger partial charge in [0.15, 0.2) is 0 Å². The van der Waals surface area contributed by atoms with Crippen LogP contribution in [0.1, 0.15) is 26.2 Å². The van der Waals surface area contributed by atoms with Gasteiger partial charge in [-0.25, -0.2) is 5.06 Å². The van der Waals surface area contributed by atoms with Crippen LogP contribution in [0.15, 0.2) is 0 Å².